The molecule has 0 fully saturated rings. The molecule has 9 heteroatoms. The van der Waals surface area contributed by atoms with Crippen molar-refractivity contribution >= 4 is 21.7 Å². The largest absolute Gasteiger partial charge is 0.463 e. The van der Waals surface area contributed by atoms with Gasteiger partial charge in [0.2, 0.25) is 0 Å². The van der Waals surface area contributed by atoms with Crippen molar-refractivity contribution in [2.75, 3.05) is 6.61 Å². The Kier molecular flexibility index (Phi) is 7.37. The molecule has 4 aromatic heterocycles. The number of hydrogen-bond donors (Lipinski definition) is 0. The number of pyridine rings is 1. The van der Waals surface area contributed by atoms with Crippen LogP contribution >= 0.6 is 11.3 Å². The molecule has 0 bridgehead atoms. The fourth-order valence-corrected chi connectivity index (χ4v) is 4.31. The number of allylic oxidation sites excluding steroid dienone is 1. The molecule has 168 valence electrons. The van der Waals surface area contributed by atoms with Crippen LogP contribution in [0.4, 0.5) is 0 Å². The molecular formula is C24H25N7OS. The van der Waals surface area contributed by atoms with E-state index in [2.05, 4.69) is 61.6 Å². The van der Waals surface area contributed by atoms with Gasteiger partial charge in [-0.25, -0.2) is 19.9 Å². The summed E-state index contributed by atoms with van der Waals surface area (Å²) in [5.74, 6) is 0.0254. The summed E-state index contributed by atoms with van der Waals surface area (Å²) >= 11 is 1.40. The zero-order valence-corrected chi connectivity index (χ0v) is 19.4. The molecule has 0 aromatic carbocycles. The van der Waals surface area contributed by atoms with Crippen molar-refractivity contribution in [1.82, 2.24) is 29.5 Å². The predicted molar refractivity (Wildman–Crippen MR) is 127 cm³/mol. The third kappa shape index (κ3) is 5.79. The molecule has 0 N–H and O–H groups in total. The lowest BCUT2D eigenvalue weighted by molar-refractivity contribution is 0.262. The fourth-order valence-electron chi connectivity index (χ4n) is 3.34. The summed E-state index contributed by atoms with van der Waals surface area (Å²) in [6.07, 6.45) is 14.4. The van der Waals surface area contributed by atoms with E-state index < -0.39 is 5.92 Å². The lowest BCUT2D eigenvalue weighted by atomic mass is 10.0. The Hall–Kier alpha value is -3.64. The number of imidazole rings is 1. The van der Waals surface area contributed by atoms with Gasteiger partial charge in [-0.1, -0.05) is 37.3 Å². The molecule has 0 aliphatic heterocycles. The highest BCUT2D eigenvalue weighted by Crippen LogP contribution is 2.30. The van der Waals surface area contributed by atoms with Crippen LogP contribution in [-0.2, 0) is 6.54 Å². The lowest BCUT2D eigenvalue weighted by Gasteiger charge is -2.13. The monoisotopic (exact) mass is 459 g/mol. The summed E-state index contributed by atoms with van der Waals surface area (Å²) < 4.78 is 7.93. The maximum Gasteiger partial charge on any atom is 0.316 e. The maximum atomic E-state index is 9.78. The molecule has 0 radical (unpaired) electrons. The van der Waals surface area contributed by atoms with Crippen molar-refractivity contribution < 1.29 is 4.74 Å². The van der Waals surface area contributed by atoms with Gasteiger partial charge in [-0.3, -0.25) is 0 Å². The average molecular weight is 460 g/mol. The number of fused-ring (bicyclic) bond motifs is 1. The highest BCUT2D eigenvalue weighted by atomic mass is 32.1. The van der Waals surface area contributed by atoms with Crippen LogP contribution in [0.1, 0.15) is 36.9 Å². The van der Waals surface area contributed by atoms with Crippen LogP contribution in [0.25, 0.3) is 10.3 Å². The van der Waals surface area contributed by atoms with E-state index in [-0.39, 0.29) is 11.9 Å². The minimum absolute atomic E-state index is 0.191. The molecule has 0 aliphatic rings. The molecule has 3 unspecified atom stereocenters. The van der Waals surface area contributed by atoms with Gasteiger partial charge in [0.05, 0.1) is 24.7 Å². The second-order valence-corrected chi connectivity index (χ2v) is 8.82. The van der Waals surface area contributed by atoms with Gasteiger partial charge in [0, 0.05) is 37.3 Å². The SMILES string of the molecule is CCC(C=CC(C)COc1nccc(C(C#N)c2nc3cccnc3s2)n1)Cn1ccnc1. The van der Waals surface area contributed by atoms with E-state index in [0.717, 1.165) is 23.3 Å². The zero-order chi connectivity index (χ0) is 23.0. The number of nitriles is 1. The average Bonchev–Trinajstić information content (AvgIpc) is 3.51. The van der Waals surface area contributed by atoms with Crippen molar-refractivity contribution in [3.8, 4) is 12.1 Å². The number of nitrogens with zero attached hydrogens (tertiary/aromatic N) is 7. The Balaban J connectivity index is 1.38. The van der Waals surface area contributed by atoms with Gasteiger partial charge in [0.25, 0.3) is 0 Å². The molecule has 4 rings (SSSR count). The summed E-state index contributed by atoms with van der Waals surface area (Å²) in [6, 6.07) is 8.01. The first-order chi connectivity index (χ1) is 16.2. The van der Waals surface area contributed by atoms with Crippen LogP contribution in [0.15, 0.2) is 61.5 Å². The normalized spacial score (nSPS) is 14.2. The minimum atomic E-state index is -0.597. The van der Waals surface area contributed by atoms with Gasteiger partial charge in [-0.05, 0) is 30.5 Å². The van der Waals surface area contributed by atoms with Gasteiger partial charge in [-0.15, -0.1) is 0 Å². The van der Waals surface area contributed by atoms with Crippen LogP contribution in [0, 0.1) is 23.2 Å². The summed E-state index contributed by atoms with van der Waals surface area (Å²) in [4.78, 5) is 22.5. The van der Waals surface area contributed by atoms with E-state index >= 15 is 0 Å². The fraction of sp³-hybridized carbons (Fsp3) is 0.333. The molecule has 0 saturated heterocycles. The third-order valence-corrected chi connectivity index (χ3v) is 6.27. The number of aromatic nitrogens is 6. The van der Waals surface area contributed by atoms with Gasteiger partial charge < -0.3 is 9.30 Å². The quantitative estimate of drug-likeness (QED) is 0.319. The van der Waals surface area contributed by atoms with Crippen molar-refractivity contribution in [3.63, 3.8) is 0 Å². The summed E-state index contributed by atoms with van der Waals surface area (Å²) in [5, 5.41) is 10.4. The highest BCUT2D eigenvalue weighted by molar-refractivity contribution is 7.18. The maximum absolute atomic E-state index is 9.78. The molecule has 0 aliphatic carbocycles. The third-order valence-electron chi connectivity index (χ3n) is 5.23. The zero-order valence-electron chi connectivity index (χ0n) is 18.6. The molecule has 8 nitrogen and oxygen atoms in total. The predicted octanol–water partition coefficient (Wildman–Crippen LogP) is 4.63. The number of thiazole rings is 1. The Morgan fingerprint density at radius 2 is 2.09 bits per heavy atom. The molecule has 0 spiro atoms. The first-order valence-electron chi connectivity index (χ1n) is 10.9. The molecule has 33 heavy (non-hydrogen) atoms. The number of rotatable bonds is 10. The van der Waals surface area contributed by atoms with E-state index in [1.807, 2.05) is 24.7 Å². The van der Waals surface area contributed by atoms with E-state index in [1.54, 1.807) is 24.7 Å². The minimum Gasteiger partial charge on any atom is -0.463 e. The van der Waals surface area contributed by atoms with Gasteiger partial charge in [0.1, 0.15) is 21.3 Å². The Morgan fingerprint density at radius 3 is 2.85 bits per heavy atom. The number of hydrogen-bond acceptors (Lipinski definition) is 8. The van der Waals surface area contributed by atoms with E-state index in [4.69, 9.17) is 4.74 Å². The number of ether oxygens (including phenoxy) is 1. The van der Waals surface area contributed by atoms with Crippen molar-refractivity contribution in [2.24, 2.45) is 11.8 Å². The Bertz CT molecular complexity index is 1210. The van der Waals surface area contributed by atoms with Gasteiger partial charge in [-0.2, -0.15) is 10.2 Å². The van der Waals surface area contributed by atoms with E-state index in [0.29, 0.717) is 23.2 Å². The lowest BCUT2D eigenvalue weighted by Crippen LogP contribution is -2.11. The molecule has 0 saturated carbocycles. The molecule has 4 aromatic rings. The van der Waals surface area contributed by atoms with E-state index in [9.17, 15) is 5.26 Å². The van der Waals surface area contributed by atoms with Crippen molar-refractivity contribution in [2.45, 2.75) is 32.7 Å². The van der Waals surface area contributed by atoms with Crippen molar-refractivity contribution in [1.29, 1.82) is 5.26 Å². The van der Waals surface area contributed by atoms with Gasteiger partial charge in [0.15, 0.2) is 0 Å². The first kappa shape index (κ1) is 22.6. The van der Waals surface area contributed by atoms with Crippen LogP contribution in [0.3, 0.4) is 0 Å². The van der Waals surface area contributed by atoms with Crippen LogP contribution in [0.5, 0.6) is 6.01 Å². The molecular weight excluding hydrogens is 434 g/mol. The smallest absolute Gasteiger partial charge is 0.316 e. The second-order valence-electron chi connectivity index (χ2n) is 7.81. The standard InChI is InChI=1S/C24H25N7OS/c1-3-18(14-31-12-11-26-16-31)7-6-17(2)15-32-24-28-10-8-20(30-24)19(13-25)22-29-21-5-4-9-27-23(21)33-22/h4-12,16-19H,3,14-15H2,1-2H3. The Labute approximate surface area is 196 Å². The summed E-state index contributed by atoms with van der Waals surface area (Å²) in [5.41, 5.74) is 1.35. The topological polar surface area (TPSA) is 102 Å². The summed E-state index contributed by atoms with van der Waals surface area (Å²) in [6.45, 7) is 5.63. The molecule has 3 atom stereocenters. The van der Waals surface area contributed by atoms with E-state index in [1.165, 1.54) is 11.3 Å². The summed E-state index contributed by atoms with van der Waals surface area (Å²) in [7, 11) is 0. The van der Waals surface area contributed by atoms with Gasteiger partial charge >= 0.3 is 6.01 Å². The first-order valence-corrected chi connectivity index (χ1v) is 11.7. The van der Waals surface area contributed by atoms with Crippen LogP contribution in [-0.4, -0.2) is 36.1 Å². The van der Waals surface area contributed by atoms with Crippen LogP contribution in [0.2, 0.25) is 0 Å². The Morgan fingerprint density at radius 1 is 1.18 bits per heavy atom. The second kappa shape index (κ2) is 10.8. The molecule has 0 amide bonds. The van der Waals surface area contributed by atoms with Crippen molar-refractivity contribution in [3.05, 3.63) is 72.2 Å². The van der Waals surface area contributed by atoms with Crippen LogP contribution < -0.4 is 4.74 Å². The molecule has 4 heterocycles. The highest BCUT2D eigenvalue weighted by Gasteiger charge is 2.21.